The van der Waals surface area contributed by atoms with Crippen molar-refractivity contribution in [2.24, 2.45) is 5.41 Å². The van der Waals surface area contributed by atoms with Crippen LogP contribution in [0.1, 0.15) is 40.2 Å². The first kappa shape index (κ1) is 22.9. The number of benzene rings is 2. The number of hydrogen-bond donors (Lipinski definition) is 0. The molecule has 7 heteroatoms. The molecule has 1 saturated heterocycles. The molecule has 5 rings (SSSR count). The molecule has 2 aromatic carbocycles. The number of amides is 1. The fraction of sp³-hybridized carbons (Fsp3) is 0.286. The zero-order valence-corrected chi connectivity index (χ0v) is 19.6. The third kappa shape index (κ3) is 4.11. The second-order valence-electron chi connectivity index (χ2n) is 9.52. The van der Waals surface area contributed by atoms with Gasteiger partial charge in [0.15, 0.2) is 0 Å². The van der Waals surface area contributed by atoms with E-state index < -0.39 is 17.2 Å². The van der Waals surface area contributed by atoms with Crippen molar-refractivity contribution in [2.45, 2.75) is 25.7 Å². The molecule has 1 saturated carbocycles. The normalized spacial score (nSPS) is 17.4. The highest BCUT2D eigenvalue weighted by Gasteiger charge is 2.53. The van der Waals surface area contributed by atoms with Crippen LogP contribution in [-0.2, 0) is 9.59 Å². The molecular formula is C28H25FN2O4. The van der Waals surface area contributed by atoms with E-state index >= 15 is 0 Å². The summed E-state index contributed by atoms with van der Waals surface area (Å²) in [6.07, 6.45) is 1.63. The van der Waals surface area contributed by atoms with Crippen LogP contribution in [-0.4, -0.2) is 47.6 Å². The first-order valence-electron chi connectivity index (χ1n) is 11.5. The van der Waals surface area contributed by atoms with Crippen LogP contribution < -0.4 is 4.74 Å². The number of halogens is 1. The molecule has 0 unspecified atom stereocenters. The predicted molar refractivity (Wildman–Crippen MR) is 128 cm³/mol. The number of carbonyl (C=O) groups excluding carboxylic acids is 3. The number of likely N-dealkylation sites (tertiary alicyclic amines) is 1. The van der Waals surface area contributed by atoms with Gasteiger partial charge in [0.05, 0.1) is 19.0 Å². The Labute approximate surface area is 202 Å². The number of nitrogens with zero attached hydrogens (tertiary/aromatic N) is 2. The van der Waals surface area contributed by atoms with Gasteiger partial charge in [-0.25, -0.2) is 4.39 Å². The molecule has 1 amide bonds. The fourth-order valence-electron chi connectivity index (χ4n) is 5.40. The summed E-state index contributed by atoms with van der Waals surface area (Å²) in [5.74, 6) is -1.28. The number of Topliss-reactive ketones (excluding diaryl/α,β-unsaturated/α-hetero) is 2. The zero-order chi connectivity index (χ0) is 24.7. The van der Waals surface area contributed by atoms with Crippen LogP contribution >= 0.6 is 0 Å². The maximum atomic E-state index is 13.3. The van der Waals surface area contributed by atoms with Crippen molar-refractivity contribution in [3.05, 3.63) is 83.3 Å². The Bertz CT molecular complexity index is 1290. The van der Waals surface area contributed by atoms with Gasteiger partial charge in [-0.3, -0.25) is 19.4 Å². The Morgan fingerprint density at radius 3 is 2.34 bits per heavy atom. The number of aromatic nitrogens is 1. The van der Waals surface area contributed by atoms with Crippen LogP contribution in [0, 0.1) is 18.2 Å². The molecule has 35 heavy (non-hydrogen) atoms. The lowest BCUT2D eigenvalue weighted by atomic mass is 9.63. The van der Waals surface area contributed by atoms with Gasteiger partial charge in [0.2, 0.25) is 0 Å². The van der Waals surface area contributed by atoms with Crippen molar-refractivity contribution in [1.29, 1.82) is 0 Å². The van der Waals surface area contributed by atoms with Crippen molar-refractivity contribution < 1.29 is 23.5 Å². The van der Waals surface area contributed by atoms with Crippen molar-refractivity contribution in [1.82, 2.24) is 9.88 Å². The summed E-state index contributed by atoms with van der Waals surface area (Å²) >= 11 is 0. The highest BCUT2D eigenvalue weighted by molar-refractivity contribution is 6.11. The number of hydrogen-bond acceptors (Lipinski definition) is 5. The summed E-state index contributed by atoms with van der Waals surface area (Å²) in [5, 5.41) is 0. The van der Waals surface area contributed by atoms with Crippen LogP contribution in [0.5, 0.6) is 5.75 Å². The first-order valence-corrected chi connectivity index (χ1v) is 11.5. The smallest absolute Gasteiger partial charge is 0.253 e. The molecule has 6 nitrogen and oxygen atoms in total. The lowest BCUT2D eigenvalue weighted by Crippen LogP contribution is -2.62. The molecule has 2 aliphatic rings. The molecular weight excluding hydrogens is 447 g/mol. The lowest BCUT2D eigenvalue weighted by Gasteiger charge is -2.52. The third-order valence-corrected chi connectivity index (χ3v) is 6.98. The molecule has 3 aromatic rings. The van der Waals surface area contributed by atoms with Crippen LogP contribution in [0.4, 0.5) is 4.39 Å². The van der Waals surface area contributed by atoms with Crippen molar-refractivity contribution >= 4 is 17.5 Å². The number of ether oxygens (including phenoxy) is 1. The van der Waals surface area contributed by atoms with Gasteiger partial charge in [-0.05, 0) is 48.9 Å². The predicted octanol–water partition coefficient (Wildman–Crippen LogP) is 4.36. The van der Waals surface area contributed by atoms with Crippen LogP contribution in [0.25, 0.3) is 11.3 Å². The van der Waals surface area contributed by atoms with Gasteiger partial charge in [-0.2, -0.15) is 0 Å². The molecule has 2 heterocycles. The average Bonchev–Trinajstić information content (AvgIpc) is 2.83. The van der Waals surface area contributed by atoms with Gasteiger partial charge in [0.1, 0.15) is 29.1 Å². The van der Waals surface area contributed by atoms with E-state index in [4.69, 9.17) is 4.74 Å². The SMILES string of the molecule is COc1cc(-c2ccc(F)cn2)cc(C)c1C1C(=O)CC2(CC1=O)CN(C(=O)c1ccccc1)C2. The molecule has 1 aliphatic heterocycles. The number of aryl methyl sites for hydroxylation is 1. The fourth-order valence-corrected chi connectivity index (χ4v) is 5.40. The summed E-state index contributed by atoms with van der Waals surface area (Å²) in [7, 11) is 1.50. The number of carbonyl (C=O) groups is 3. The summed E-state index contributed by atoms with van der Waals surface area (Å²) < 4.78 is 18.9. The van der Waals surface area contributed by atoms with Gasteiger partial charge in [-0.15, -0.1) is 0 Å². The van der Waals surface area contributed by atoms with E-state index in [9.17, 15) is 18.8 Å². The van der Waals surface area contributed by atoms with Gasteiger partial charge in [0.25, 0.3) is 5.91 Å². The summed E-state index contributed by atoms with van der Waals surface area (Å²) in [4.78, 5) is 45.2. The van der Waals surface area contributed by atoms with Crippen molar-refractivity contribution in [2.75, 3.05) is 20.2 Å². The Morgan fingerprint density at radius 2 is 1.74 bits per heavy atom. The van der Waals surface area contributed by atoms with Gasteiger partial charge < -0.3 is 9.64 Å². The van der Waals surface area contributed by atoms with E-state index in [2.05, 4.69) is 4.98 Å². The van der Waals surface area contributed by atoms with Crippen LogP contribution in [0.2, 0.25) is 0 Å². The third-order valence-electron chi connectivity index (χ3n) is 6.98. The van der Waals surface area contributed by atoms with E-state index in [-0.39, 0.29) is 30.3 Å². The topological polar surface area (TPSA) is 76.6 Å². The van der Waals surface area contributed by atoms with E-state index in [1.165, 1.54) is 13.2 Å². The number of rotatable bonds is 4. The Morgan fingerprint density at radius 1 is 1.06 bits per heavy atom. The molecule has 178 valence electrons. The molecule has 0 N–H and O–H groups in total. The zero-order valence-electron chi connectivity index (χ0n) is 19.6. The van der Waals surface area contributed by atoms with Gasteiger partial charge in [0, 0.05) is 48.0 Å². The molecule has 1 aromatic heterocycles. The Balaban J connectivity index is 1.37. The van der Waals surface area contributed by atoms with Crippen LogP contribution in [0.3, 0.4) is 0 Å². The lowest BCUT2D eigenvalue weighted by molar-refractivity contribution is -0.141. The Hall–Kier alpha value is -3.87. The molecule has 1 spiro atoms. The molecule has 0 atom stereocenters. The quantitative estimate of drug-likeness (QED) is 0.528. The minimum absolute atomic E-state index is 0.0826. The number of ketones is 2. The highest BCUT2D eigenvalue weighted by atomic mass is 19.1. The van der Waals surface area contributed by atoms with Crippen LogP contribution in [0.15, 0.2) is 60.8 Å². The molecule has 2 fully saturated rings. The van der Waals surface area contributed by atoms with Crippen molar-refractivity contribution in [3.63, 3.8) is 0 Å². The van der Waals surface area contributed by atoms with E-state index in [0.29, 0.717) is 41.2 Å². The minimum atomic E-state index is -0.898. The van der Waals surface area contributed by atoms with Gasteiger partial charge in [-0.1, -0.05) is 18.2 Å². The number of pyridine rings is 1. The standard InChI is InChI=1S/C28H25FN2O4/c1-17-10-19(21-9-8-20(29)14-30-21)11-24(35-2)25(17)26-22(32)12-28(13-23(26)33)15-31(16-28)27(34)18-6-4-3-5-7-18/h3-11,14,26H,12-13,15-16H2,1-2H3. The highest BCUT2D eigenvalue weighted by Crippen LogP contribution is 2.47. The van der Waals surface area contributed by atoms with E-state index in [1.54, 1.807) is 29.2 Å². The van der Waals surface area contributed by atoms with E-state index in [0.717, 1.165) is 11.8 Å². The van der Waals surface area contributed by atoms with Gasteiger partial charge >= 0.3 is 0 Å². The van der Waals surface area contributed by atoms with E-state index in [1.807, 2.05) is 31.2 Å². The number of methoxy groups -OCH3 is 1. The second-order valence-corrected chi connectivity index (χ2v) is 9.52. The molecule has 0 bridgehead atoms. The molecule has 0 radical (unpaired) electrons. The first-order chi connectivity index (χ1) is 16.8. The summed E-state index contributed by atoms with van der Waals surface area (Å²) in [6, 6.07) is 15.5. The monoisotopic (exact) mass is 472 g/mol. The maximum absolute atomic E-state index is 13.3. The van der Waals surface area contributed by atoms with Crippen molar-refractivity contribution in [3.8, 4) is 17.0 Å². The maximum Gasteiger partial charge on any atom is 0.253 e. The minimum Gasteiger partial charge on any atom is -0.496 e. The molecule has 1 aliphatic carbocycles. The average molecular weight is 473 g/mol. The second kappa shape index (κ2) is 8.73. The largest absolute Gasteiger partial charge is 0.496 e. The Kier molecular flexibility index (Phi) is 5.71. The summed E-state index contributed by atoms with van der Waals surface area (Å²) in [6.45, 7) is 2.63. The summed E-state index contributed by atoms with van der Waals surface area (Å²) in [5.41, 5.74) is 2.70.